The Bertz CT molecular complexity index is 641. The highest BCUT2D eigenvalue weighted by Gasteiger charge is 2.22. The molecule has 1 aliphatic rings. The summed E-state index contributed by atoms with van der Waals surface area (Å²) in [7, 11) is 3.34. The van der Waals surface area contributed by atoms with Gasteiger partial charge in [0, 0.05) is 12.1 Å². The standard InChI is InChI=1S/C18H21NO3/c1-20-16-10-14-8-9-19-11-15(14)17(21-2)18(16)22-12-13-6-4-3-5-7-13/h3-7,10,19H,8-9,11-12H2,1-2H3. The van der Waals surface area contributed by atoms with Crippen LogP contribution in [0.4, 0.5) is 0 Å². The molecule has 0 bridgehead atoms. The summed E-state index contributed by atoms with van der Waals surface area (Å²) in [6.45, 7) is 2.26. The summed E-state index contributed by atoms with van der Waals surface area (Å²) in [6, 6.07) is 12.2. The molecule has 0 spiro atoms. The van der Waals surface area contributed by atoms with Gasteiger partial charge in [0.05, 0.1) is 14.2 Å². The summed E-state index contributed by atoms with van der Waals surface area (Å²) in [5.41, 5.74) is 3.54. The van der Waals surface area contributed by atoms with Gasteiger partial charge in [-0.25, -0.2) is 0 Å². The third-order valence-corrected chi connectivity index (χ3v) is 3.92. The number of hydrogen-bond donors (Lipinski definition) is 1. The van der Waals surface area contributed by atoms with E-state index in [0.29, 0.717) is 12.4 Å². The number of methoxy groups -OCH3 is 2. The molecule has 0 amide bonds. The summed E-state index contributed by atoms with van der Waals surface area (Å²) < 4.78 is 17.2. The molecule has 0 saturated carbocycles. The predicted molar refractivity (Wildman–Crippen MR) is 85.7 cm³/mol. The minimum absolute atomic E-state index is 0.486. The van der Waals surface area contributed by atoms with Crippen molar-refractivity contribution in [2.24, 2.45) is 0 Å². The number of hydrogen-bond acceptors (Lipinski definition) is 4. The van der Waals surface area contributed by atoms with Gasteiger partial charge in [0.25, 0.3) is 0 Å². The minimum Gasteiger partial charge on any atom is -0.493 e. The van der Waals surface area contributed by atoms with Crippen molar-refractivity contribution in [3.63, 3.8) is 0 Å². The monoisotopic (exact) mass is 299 g/mol. The fourth-order valence-electron chi connectivity index (χ4n) is 2.79. The molecule has 1 aliphatic heterocycles. The van der Waals surface area contributed by atoms with Crippen LogP contribution in [0.1, 0.15) is 16.7 Å². The molecule has 22 heavy (non-hydrogen) atoms. The lowest BCUT2D eigenvalue weighted by Crippen LogP contribution is -2.24. The van der Waals surface area contributed by atoms with Crippen molar-refractivity contribution in [1.82, 2.24) is 5.32 Å². The van der Waals surface area contributed by atoms with E-state index in [-0.39, 0.29) is 0 Å². The Morgan fingerprint density at radius 2 is 1.86 bits per heavy atom. The third-order valence-electron chi connectivity index (χ3n) is 3.92. The molecule has 0 unspecified atom stereocenters. The molecule has 1 N–H and O–H groups in total. The zero-order chi connectivity index (χ0) is 15.4. The fourth-order valence-corrected chi connectivity index (χ4v) is 2.79. The Labute approximate surface area is 131 Å². The molecule has 2 aromatic rings. The van der Waals surface area contributed by atoms with Gasteiger partial charge >= 0.3 is 0 Å². The van der Waals surface area contributed by atoms with E-state index in [9.17, 15) is 0 Å². The second kappa shape index (κ2) is 6.71. The third kappa shape index (κ3) is 2.88. The Hall–Kier alpha value is -2.20. The molecule has 3 rings (SSSR count). The van der Waals surface area contributed by atoms with Gasteiger partial charge in [-0.1, -0.05) is 30.3 Å². The molecule has 0 aliphatic carbocycles. The summed E-state index contributed by atoms with van der Waals surface area (Å²) in [6.07, 6.45) is 0.973. The van der Waals surface area contributed by atoms with Gasteiger partial charge in [0.2, 0.25) is 5.75 Å². The quantitative estimate of drug-likeness (QED) is 0.921. The number of fused-ring (bicyclic) bond motifs is 1. The molecule has 0 aromatic heterocycles. The van der Waals surface area contributed by atoms with Crippen LogP contribution < -0.4 is 19.5 Å². The maximum Gasteiger partial charge on any atom is 0.204 e. The Morgan fingerprint density at radius 3 is 2.59 bits per heavy atom. The van der Waals surface area contributed by atoms with E-state index in [2.05, 4.69) is 11.4 Å². The van der Waals surface area contributed by atoms with E-state index in [4.69, 9.17) is 14.2 Å². The van der Waals surface area contributed by atoms with E-state index in [1.807, 2.05) is 30.3 Å². The van der Waals surface area contributed by atoms with Gasteiger partial charge in [-0.3, -0.25) is 0 Å². The number of rotatable bonds is 5. The molecule has 0 saturated heterocycles. The average Bonchev–Trinajstić information content (AvgIpc) is 2.59. The second-order valence-electron chi connectivity index (χ2n) is 5.28. The topological polar surface area (TPSA) is 39.7 Å². The zero-order valence-electron chi connectivity index (χ0n) is 13.0. The van der Waals surface area contributed by atoms with Crippen molar-refractivity contribution in [2.45, 2.75) is 19.6 Å². The smallest absolute Gasteiger partial charge is 0.204 e. The Balaban J connectivity index is 1.94. The first-order chi connectivity index (χ1) is 10.8. The summed E-state index contributed by atoms with van der Waals surface area (Å²) >= 11 is 0. The van der Waals surface area contributed by atoms with Crippen LogP contribution in [0.5, 0.6) is 17.2 Å². The first-order valence-electron chi connectivity index (χ1n) is 7.47. The molecular weight excluding hydrogens is 278 g/mol. The van der Waals surface area contributed by atoms with Crippen molar-refractivity contribution >= 4 is 0 Å². The van der Waals surface area contributed by atoms with Gasteiger partial charge in [-0.2, -0.15) is 0 Å². The number of nitrogens with one attached hydrogen (secondary N) is 1. The summed E-state index contributed by atoms with van der Waals surface area (Å²) in [5, 5.41) is 3.38. The van der Waals surface area contributed by atoms with Crippen LogP contribution >= 0.6 is 0 Å². The van der Waals surface area contributed by atoms with Crippen molar-refractivity contribution in [1.29, 1.82) is 0 Å². The highest BCUT2D eigenvalue weighted by Crippen LogP contribution is 2.43. The Kier molecular flexibility index (Phi) is 4.49. The molecule has 0 atom stereocenters. The lowest BCUT2D eigenvalue weighted by atomic mass is 9.99. The average molecular weight is 299 g/mol. The van der Waals surface area contributed by atoms with Crippen molar-refractivity contribution in [2.75, 3.05) is 20.8 Å². The van der Waals surface area contributed by atoms with E-state index >= 15 is 0 Å². The summed E-state index contributed by atoms with van der Waals surface area (Å²) in [5.74, 6) is 2.18. The molecule has 116 valence electrons. The van der Waals surface area contributed by atoms with Gasteiger partial charge in [-0.15, -0.1) is 0 Å². The Morgan fingerprint density at radius 1 is 1.05 bits per heavy atom. The van der Waals surface area contributed by atoms with Crippen LogP contribution in [0.15, 0.2) is 36.4 Å². The lowest BCUT2D eigenvalue weighted by Gasteiger charge is -2.24. The molecule has 4 heteroatoms. The maximum atomic E-state index is 6.02. The van der Waals surface area contributed by atoms with Crippen molar-refractivity contribution in [3.8, 4) is 17.2 Å². The van der Waals surface area contributed by atoms with E-state index in [1.54, 1.807) is 14.2 Å². The fraction of sp³-hybridized carbons (Fsp3) is 0.333. The molecule has 0 radical (unpaired) electrons. The van der Waals surface area contributed by atoms with Crippen LogP contribution in [-0.2, 0) is 19.6 Å². The molecule has 2 aromatic carbocycles. The first kappa shape index (κ1) is 14.7. The minimum atomic E-state index is 0.486. The zero-order valence-corrected chi connectivity index (χ0v) is 13.0. The van der Waals surface area contributed by atoms with Gasteiger partial charge in [0.15, 0.2) is 11.5 Å². The lowest BCUT2D eigenvalue weighted by molar-refractivity contribution is 0.263. The highest BCUT2D eigenvalue weighted by atomic mass is 16.5. The second-order valence-corrected chi connectivity index (χ2v) is 5.28. The molecule has 4 nitrogen and oxygen atoms in total. The van der Waals surface area contributed by atoms with Gasteiger partial charge in [0.1, 0.15) is 6.61 Å². The molecule has 1 heterocycles. The maximum absolute atomic E-state index is 6.02. The van der Waals surface area contributed by atoms with E-state index < -0.39 is 0 Å². The van der Waals surface area contributed by atoms with Crippen LogP contribution in [0, 0.1) is 0 Å². The summed E-state index contributed by atoms with van der Waals surface area (Å²) in [4.78, 5) is 0. The normalized spacial score (nSPS) is 13.4. The largest absolute Gasteiger partial charge is 0.493 e. The number of ether oxygens (including phenoxy) is 3. The first-order valence-corrected chi connectivity index (χ1v) is 7.47. The SMILES string of the molecule is COc1cc2c(c(OC)c1OCc1ccccc1)CNCC2. The van der Waals surface area contributed by atoms with Crippen LogP contribution in [0.25, 0.3) is 0 Å². The van der Waals surface area contributed by atoms with Crippen LogP contribution in [-0.4, -0.2) is 20.8 Å². The highest BCUT2D eigenvalue weighted by molar-refractivity contribution is 5.59. The van der Waals surface area contributed by atoms with Crippen LogP contribution in [0.3, 0.4) is 0 Å². The predicted octanol–water partition coefficient (Wildman–Crippen LogP) is 2.93. The molecule has 0 fully saturated rings. The molecular formula is C18H21NO3. The van der Waals surface area contributed by atoms with E-state index in [0.717, 1.165) is 42.1 Å². The van der Waals surface area contributed by atoms with Crippen LogP contribution in [0.2, 0.25) is 0 Å². The van der Waals surface area contributed by atoms with Gasteiger partial charge in [-0.05, 0) is 30.2 Å². The van der Waals surface area contributed by atoms with Crippen molar-refractivity contribution in [3.05, 3.63) is 53.1 Å². The van der Waals surface area contributed by atoms with E-state index in [1.165, 1.54) is 5.56 Å². The number of benzene rings is 2. The van der Waals surface area contributed by atoms with Gasteiger partial charge < -0.3 is 19.5 Å². The van der Waals surface area contributed by atoms with Crippen molar-refractivity contribution < 1.29 is 14.2 Å².